The third-order valence-electron chi connectivity index (χ3n) is 2.66. The van der Waals surface area contributed by atoms with Gasteiger partial charge >= 0.3 is 0 Å². The molecule has 2 aliphatic rings. The lowest BCUT2D eigenvalue weighted by molar-refractivity contribution is -0.129. The fourth-order valence-corrected chi connectivity index (χ4v) is 1.74. The Morgan fingerprint density at radius 2 is 2.09 bits per heavy atom. The number of hydrogen-bond acceptors (Lipinski definition) is 3. The SMILES string of the molecule is NC1=CC(=O)C12CCOCC2. The maximum atomic E-state index is 11.2. The molecule has 3 heteroatoms. The number of carbonyl (C=O) groups is 1. The van der Waals surface area contributed by atoms with Crippen LogP contribution in [0.1, 0.15) is 12.8 Å². The number of rotatable bonds is 0. The number of hydrogen-bond donors (Lipinski definition) is 1. The predicted octanol–water partition coefficient (Wildman–Crippen LogP) is 0.209. The van der Waals surface area contributed by atoms with Crippen molar-refractivity contribution < 1.29 is 9.53 Å². The second-order valence-corrected chi connectivity index (χ2v) is 3.16. The summed E-state index contributed by atoms with van der Waals surface area (Å²) in [5.41, 5.74) is 6.11. The molecule has 3 nitrogen and oxygen atoms in total. The number of ether oxygens (including phenoxy) is 1. The third kappa shape index (κ3) is 0.744. The van der Waals surface area contributed by atoms with Gasteiger partial charge in [-0.25, -0.2) is 0 Å². The highest BCUT2D eigenvalue weighted by Gasteiger charge is 2.47. The molecule has 0 aromatic carbocycles. The minimum atomic E-state index is -0.307. The molecular weight excluding hydrogens is 142 g/mol. The van der Waals surface area contributed by atoms with Crippen LogP contribution >= 0.6 is 0 Å². The lowest BCUT2D eigenvalue weighted by Gasteiger charge is -2.40. The highest BCUT2D eigenvalue weighted by molar-refractivity contribution is 6.04. The molecule has 1 saturated heterocycles. The quantitative estimate of drug-likeness (QED) is 0.541. The van der Waals surface area contributed by atoms with E-state index in [9.17, 15) is 4.79 Å². The first kappa shape index (κ1) is 6.85. The van der Waals surface area contributed by atoms with E-state index >= 15 is 0 Å². The molecule has 0 amide bonds. The molecule has 60 valence electrons. The van der Waals surface area contributed by atoms with Gasteiger partial charge in [-0.3, -0.25) is 4.79 Å². The molecule has 1 spiro atoms. The van der Waals surface area contributed by atoms with Crippen LogP contribution in [-0.2, 0) is 9.53 Å². The Bertz CT molecular complexity index is 226. The molecule has 0 unspecified atom stereocenters. The van der Waals surface area contributed by atoms with E-state index in [1.807, 2.05) is 0 Å². The summed E-state index contributed by atoms with van der Waals surface area (Å²) in [6, 6.07) is 0. The Labute approximate surface area is 65.2 Å². The molecule has 1 aliphatic heterocycles. The van der Waals surface area contributed by atoms with E-state index in [0.29, 0.717) is 13.2 Å². The Morgan fingerprint density at radius 3 is 2.45 bits per heavy atom. The fourth-order valence-electron chi connectivity index (χ4n) is 1.74. The van der Waals surface area contributed by atoms with Crippen molar-refractivity contribution in [3.05, 3.63) is 11.8 Å². The zero-order valence-electron chi connectivity index (χ0n) is 6.30. The van der Waals surface area contributed by atoms with Gasteiger partial charge in [0.15, 0.2) is 5.78 Å². The molecule has 11 heavy (non-hydrogen) atoms. The molecule has 1 fully saturated rings. The summed E-state index contributed by atoms with van der Waals surface area (Å²) in [6.45, 7) is 1.33. The molecule has 0 bridgehead atoms. The Balaban J connectivity index is 2.22. The summed E-state index contributed by atoms with van der Waals surface area (Å²) in [5.74, 6) is 0.193. The van der Waals surface area contributed by atoms with Crippen molar-refractivity contribution >= 4 is 5.78 Å². The highest BCUT2D eigenvalue weighted by atomic mass is 16.5. The zero-order valence-corrected chi connectivity index (χ0v) is 6.30. The summed E-state index contributed by atoms with van der Waals surface area (Å²) in [5, 5.41) is 0. The Morgan fingerprint density at radius 1 is 1.45 bits per heavy atom. The average Bonchev–Trinajstić information content (AvgIpc) is 2.07. The summed E-state index contributed by atoms with van der Waals surface area (Å²) in [6.07, 6.45) is 3.08. The van der Waals surface area contributed by atoms with E-state index in [1.165, 1.54) is 6.08 Å². The summed E-state index contributed by atoms with van der Waals surface area (Å²) >= 11 is 0. The Kier molecular flexibility index (Phi) is 1.29. The monoisotopic (exact) mass is 153 g/mol. The first-order chi connectivity index (χ1) is 5.26. The van der Waals surface area contributed by atoms with Gasteiger partial charge in [0.05, 0.1) is 5.41 Å². The van der Waals surface area contributed by atoms with Gasteiger partial charge in [0.1, 0.15) is 0 Å². The van der Waals surface area contributed by atoms with Gasteiger partial charge in [0.25, 0.3) is 0 Å². The van der Waals surface area contributed by atoms with Crippen LogP contribution in [0.2, 0.25) is 0 Å². The standard InChI is InChI=1S/C8H11NO2/c9-6-5-7(10)8(6)1-3-11-4-2-8/h5H,1-4,9H2. The van der Waals surface area contributed by atoms with Crippen molar-refractivity contribution in [1.82, 2.24) is 0 Å². The van der Waals surface area contributed by atoms with Crippen molar-refractivity contribution in [2.75, 3.05) is 13.2 Å². The Hall–Kier alpha value is -0.830. The molecule has 0 aromatic rings. The normalized spacial score (nSPS) is 28.0. The summed E-state index contributed by atoms with van der Waals surface area (Å²) in [4.78, 5) is 11.2. The van der Waals surface area contributed by atoms with Crippen LogP contribution < -0.4 is 5.73 Å². The average molecular weight is 153 g/mol. The summed E-state index contributed by atoms with van der Waals surface area (Å²) in [7, 11) is 0. The highest BCUT2D eigenvalue weighted by Crippen LogP contribution is 2.43. The maximum absolute atomic E-state index is 11.2. The van der Waals surface area contributed by atoms with Crippen LogP contribution in [0.25, 0.3) is 0 Å². The van der Waals surface area contributed by atoms with E-state index in [1.54, 1.807) is 0 Å². The molecule has 0 aromatic heterocycles. The van der Waals surface area contributed by atoms with Gasteiger partial charge in [0.2, 0.25) is 0 Å². The smallest absolute Gasteiger partial charge is 0.169 e. The van der Waals surface area contributed by atoms with E-state index in [0.717, 1.165) is 18.5 Å². The van der Waals surface area contributed by atoms with Gasteiger partial charge in [0, 0.05) is 25.0 Å². The summed E-state index contributed by atoms with van der Waals surface area (Å²) < 4.78 is 5.16. The number of nitrogens with two attached hydrogens (primary N) is 1. The molecule has 0 saturated carbocycles. The van der Waals surface area contributed by atoms with Crippen LogP contribution in [-0.4, -0.2) is 19.0 Å². The topological polar surface area (TPSA) is 52.3 Å². The van der Waals surface area contributed by atoms with Crippen LogP contribution in [0.15, 0.2) is 11.8 Å². The lowest BCUT2D eigenvalue weighted by atomic mass is 9.66. The predicted molar refractivity (Wildman–Crippen MR) is 39.8 cm³/mol. The molecule has 2 rings (SSSR count). The van der Waals surface area contributed by atoms with Gasteiger partial charge in [-0.05, 0) is 12.8 Å². The van der Waals surface area contributed by atoms with Crippen molar-refractivity contribution in [1.29, 1.82) is 0 Å². The number of allylic oxidation sites excluding steroid dienone is 2. The molecule has 1 heterocycles. The molecule has 0 radical (unpaired) electrons. The van der Waals surface area contributed by atoms with Crippen LogP contribution in [0.5, 0.6) is 0 Å². The minimum Gasteiger partial charge on any atom is -0.401 e. The first-order valence-corrected chi connectivity index (χ1v) is 3.85. The molecule has 0 atom stereocenters. The van der Waals surface area contributed by atoms with Gasteiger partial charge in [-0.15, -0.1) is 0 Å². The van der Waals surface area contributed by atoms with E-state index in [-0.39, 0.29) is 11.2 Å². The first-order valence-electron chi connectivity index (χ1n) is 3.85. The third-order valence-corrected chi connectivity index (χ3v) is 2.66. The van der Waals surface area contributed by atoms with Crippen molar-refractivity contribution in [2.45, 2.75) is 12.8 Å². The van der Waals surface area contributed by atoms with Gasteiger partial charge in [-0.2, -0.15) is 0 Å². The van der Waals surface area contributed by atoms with Crippen LogP contribution in [0.4, 0.5) is 0 Å². The number of ketones is 1. The van der Waals surface area contributed by atoms with Gasteiger partial charge < -0.3 is 10.5 Å². The second kappa shape index (κ2) is 2.08. The number of carbonyl (C=O) groups excluding carboxylic acids is 1. The van der Waals surface area contributed by atoms with Crippen molar-refractivity contribution in [3.8, 4) is 0 Å². The maximum Gasteiger partial charge on any atom is 0.169 e. The van der Waals surface area contributed by atoms with E-state index < -0.39 is 0 Å². The van der Waals surface area contributed by atoms with Crippen molar-refractivity contribution in [3.63, 3.8) is 0 Å². The minimum absolute atomic E-state index is 0.193. The molecular formula is C8H11NO2. The van der Waals surface area contributed by atoms with Crippen LogP contribution in [0.3, 0.4) is 0 Å². The van der Waals surface area contributed by atoms with Crippen molar-refractivity contribution in [2.24, 2.45) is 11.1 Å². The molecule has 2 N–H and O–H groups in total. The largest absolute Gasteiger partial charge is 0.401 e. The lowest BCUT2D eigenvalue weighted by Crippen LogP contribution is -2.47. The zero-order chi connectivity index (χ0) is 7.90. The fraction of sp³-hybridized carbons (Fsp3) is 0.625. The van der Waals surface area contributed by atoms with Crippen LogP contribution in [0, 0.1) is 5.41 Å². The second-order valence-electron chi connectivity index (χ2n) is 3.16. The molecule has 1 aliphatic carbocycles. The van der Waals surface area contributed by atoms with E-state index in [2.05, 4.69) is 0 Å². The van der Waals surface area contributed by atoms with E-state index in [4.69, 9.17) is 10.5 Å². The van der Waals surface area contributed by atoms with Gasteiger partial charge in [-0.1, -0.05) is 0 Å².